The van der Waals surface area contributed by atoms with Gasteiger partial charge in [-0.15, -0.1) is 0 Å². The molecule has 0 fully saturated rings. The fourth-order valence-corrected chi connectivity index (χ4v) is 1.66. The zero-order valence-corrected chi connectivity index (χ0v) is 9.57. The summed E-state index contributed by atoms with van der Waals surface area (Å²) < 4.78 is 5.15. The standard InChI is InChI=1S/C13H14N2O2/c1-17-11-4-2-3-10(7-11)12-5-9(8-14)6-13(16)15-12/h2-7H,8,14H2,1H3,(H,15,16). The van der Waals surface area contributed by atoms with E-state index in [0.29, 0.717) is 6.54 Å². The Balaban J connectivity index is 2.51. The molecular formula is C13H14N2O2. The van der Waals surface area contributed by atoms with Crippen LogP contribution in [0.1, 0.15) is 5.56 Å². The van der Waals surface area contributed by atoms with Crippen molar-refractivity contribution >= 4 is 0 Å². The minimum atomic E-state index is -0.147. The van der Waals surface area contributed by atoms with Crippen molar-refractivity contribution < 1.29 is 4.74 Å². The Morgan fingerprint density at radius 2 is 2.12 bits per heavy atom. The predicted octanol–water partition coefficient (Wildman–Crippen LogP) is 1.51. The first-order chi connectivity index (χ1) is 8.22. The van der Waals surface area contributed by atoms with Crippen LogP contribution in [-0.4, -0.2) is 12.1 Å². The van der Waals surface area contributed by atoms with Crippen LogP contribution in [0.4, 0.5) is 0 Å². The molecule has 1 aromatic carbocycles. The Labute approximate surface area is 99.1 Å². The summed E-state index contributed by atoms with van der Waals surface area (Å²) in [6.07, 6.45) is 0. The zero-order valence-electron chi connectivity index (χ0n) is 9.57. The van der Waals surface area contributed by atoms with Crippen molar-refractivity contribution in [3.63, 3.8) is 0 Å². The van der Waals surface area contributed by atoms with E-state index in [9.17, 15) is 4.79 Å². The maximum absolute atomic E-state index is 11.5. The van der Waals surface area contributed by atoms with Crippen molar-refractivity contribution in [3.8, 4) is 17.0 Å². The Bertz CT molecular complexity index is 576. The number of H-pyrrole nitrogens is 1. The van der Waals surface area contributed by atoms with Gasteiger partial charge in [-0.25, -0.2) is 0 Å². The molecule has 17 heavy (non-hydrogen) atoms. The lowest BCUT2D eigenvalue weighted by molar-refractivity contribution is 0.415. The van der Waals surface area contributed by atoms with Crippen molar-refractivity contribution in [1.82, 2.24) is 4.98 Å². The van der Waals surface area contributed by atoms with E-state index in [0.717, 1.165) is 22.6 Å². The molecule has 1 heterocycles. The molecule has 0 aliphatic heterocycles. The fraction of sp³-hybridized carbons (Fsp3) is 0.154. The van der Waals surface area contributed by atoms with Gasteiger partial charge < -0.3 is 15.5 Å². The van der Waals surface area contributed by atoms with Gasteiger partial charge in [0.25, 0.3) is 0 Å². The molecule has 0 atom stereocenters. The number of methoxy groups -OCH3 is 1. The van der Waals surface area contributed by atoms with E-state index in [1.807, 2.05) is 30.3 Å². The maximum atomic E-state index is 11.5. The van der Waals surface area contributed by atoms with Crippen LogP contribution in [0.25, 0.3) is 11.3 Å². The van der Waals surface area contributed by atoms with Crippen molar-refractivity contribution in [2.45, 2.75) is 6.54 Å². The van der Waals surface area contributed by atoms with Crippen LogP contribution in [0, 0.1) is 0 Å². The van der Waals surface area contributed by atoms with E-state index >= 15 is 0 Å². The van der Waals surface area contributed by atoms with E-state index in [2.05, 4.69) is 4.98 Å². The highest BCUT2D eigenvalue weighted by atomic mass is 16.5. The molecular weight excluding hydrogens is 216 g/mol. The van der Waals surface area contributed by atoms with Gasteiger partial charge in [-0.3, -0.25) is 4.79 Å². The summed E-state index contributed by atoms with van der Waals surface area (Å²) in [4.78, 5) is 14.2. The van der Waals surface area contributed by atoms with E-state index in [1.165, 1.54) is 6.07 Å². The fourth-order valence-electron chi connectivity index (χ4n) is 1.66. The summed E-state index contributed by atoms with van der Waals surface area (Å²) in [6.45, 7) is 0.348. The molecule has 3 N–H and O–H groups in total. The van der Waals surface area contributed by atoms with Gasteiger partial charge in [0, 0.05) is 23.9 Å². The van der Waals surface area contributed by atoms with Crippen molar-refractivity contribution in [3.05, 3.63) is 52.3 Å². The first-order valence-electron chi connectivity index (χ1n) is 5.30. The van der Waals surface area contributed by atoms with Gasteiger partial charge in [-0.2, -0.15) is 0 Å². The van der Waals surface area contributed by atoms with Crippen molar-refractivity contribution in [1.29, 1.82) is 0 Å². The number of aromatic amines is 1. The van der Waals surface area contributed by atoms with Crippen LogP contribution < -0.4 is 16.0 Å². The molecule has 1 aromatic heterocycles. The van der Waals surface area contributed by atoms with Gasteiger partial charge in [-0.05, 0) is 23.8 Å². The first-order valence-corrected chi connectivity index (χ1v) is 5.30. The van der Waals surface area contributed by atoms with E-state index in [-0.39, 0.29) is 5.56 Å². The van der Waals surface area contributed by atoms with Crippen molar-refractivity contribution in [2.24, 2.45) is 5.73 Å². The van der Waals surface area contributed by atoms with Gasteiger partial charge in [-0.1, -0.05) is 12.1 Å². The summed E-state index contributed by atoms with van der Waals surface area (Å²) in [7, 11) is 1.61. The SMILES string of the molecule is COc1cccc(-c2cc(CN)cc(=O)[nH]2)c1. The van der Waals surface area contributed by atoms with Crippen molar-refractivity contribution in [2.75, 3.05) is 7.11 Å². The Hall–Kier alpha value is -2.07. The van der Waals surface area contributed by atoms with Gasteiger partial charge >= 0.3 is 0 Å². The summed E-state index contributed by atoms with van der Waals surface area (Å²) in [6, 6.07) is 10.9. The molecule has 2 rings (SSSR count). The van der Waals surface area contributed by atoms with Gasteiger partial charge in [0.2, 0.25) is 5.56 Å². The number of rotatable bonds is 3. The minimum Gasteiger partial charge on any atom is -0.497 e. The number of pyridine rings is 1. The highest BCUT2D eigenvalue weighted by molar-refractivity contribution is 5.61. The number of benzene rings is 1. The molecule has 0 aliphatic carbocycles. The van der Waals surface area contributed by atoms with Gasteiger partial charge in [0.1, 0.15) is 5.75 Å². The third kappa shape index (κ3) is 2.54. The molecule has 4 nitrogen and oxygen atoms in total. The monoisotopic (exact) mass is 230 g/mol. The summed E-state index contributed by atoms with van der Waals surface area (Å²) in [5.74, 6) is 0.751. The van der Waals surface area contributed by atoms with Crippen LogP contribution in [0.15, 0.2) is 41.2 Å². The number of hydrogen-bond donors (Lipinski definition) is 2. The molecule has 0 amide bonds. The average molecular weight is 230 g/mol. The van der Waals surface area contributed by atoms with E-state index in [1.54, 1.807) is 7.11 Å². The molecule has 4 heteroatoms. The maximum Gasteiger partial charge on any atom is 0.248 e. The Morgan fingerprint density at radius 3 is 2.82 bits per heavy atom. The molecule has 0 spiro atoms. The smallest absolute Gasteiger partial charge is 0.248 e. The number of aromatic nitrogens is 1. The largest absolute Gasteiger partial charge is 0.497 e. The lowest BCUT2D eigenvalue weighted by Gasteiger charge is -2.06. The third-order valence-electron chi connectivity index (χ3n) is 2.52. The Morgan fingerprint density at radius 1 is 1.29 bits per heavy atom. The second-order valence-electron chi connectivity index (χ2n) is 3.70. The lowest BCUT2D eigenvalue weighted by atomic mass is 10.1. The molecule has 88 valence electrons. The van der Waals surface area contributed by atoms with Crippen LogP contribution in [0.5, 0.6) is 5.75 Å². The molecule has 0 radical (unpaired) electrons. The quantitative estimate of drug-likeness (QED) is 0.839. The highest BCUT2D eigenvalue weighted by Gasteiger charge is 2.02. The summed E-state index contributed by atoms with van der Waals surface area (Å²) in [5.41, 5.74) is 7.86. The molecule has 0 saturated heterocycles. The van der Waals surface area contributed by atoms with Gasteiger partial charge in [0.05, 0.1) is 7.11 Å². The third-order valence-corrected chi connectivity index (χ3v) is 2.52. The van der Waals surface area contributed by atoms with Gasteiger partial charge in [0.15, 0.2) is 0 Å². The molecule has 0 saturated carbocycles. The summed E-state index contributed by atoms with van der Waals surface area (Å²) >= 11 is 0. The van der Waals surface area contributed by atoms with Crippen LogP contribution in [0.3, 0.4) is 0 Å². The minimum absolute atomic E-state index is 0.147. The second-order valence-corrected chi connectivity index (χ2v) is 3.70. The molecule has 0 aliphatic rings. The molecule has 2 aromatic rings. The lowest BCUT2D eigenvalue weighted by Crippen LogP contribution is -2.09. The first kappa shape index (κ1) is 11.4. The van der Waals surface area contributed by atoms with E-state index < -0.39 is 0 Å². The summed E-state index contributed by atoms with van der Waals surface area (Å²) in [5, 5.41) is 0. The topological polar surface area (TPSA) is 68.1 Å². The molecule has 0 bridgehead atoms. The number of ether oxygens (including phenoxy) is 1. The normalized spacial score (nSPS) is 10.2. The highest BCUT2D eigenvalue weighted by Crippen LogP contribution is 2.21. The number of hydrogen-bond acceptors (Lipinski definition) is 3. The van der Waals surface area contributed by atoms with E-state index in [4.69, 9.17) is 10.5 Å². The zero-order chi connectivity index (χ0) is 12.3. The molecule has 0 unspecified atom stereocenters. The van der Waals surface area contributed by atoms with Crippen LogP contribution in [0.2, 0.25) is 0 Å². The second kappa shape index (κ2) is 4.84. The Kier molecular flexibility index (Phi) is 3.25. The van der Waals surface area contributed by atoms with Crippen LogP contribution in [-0.2, 0) is 6.54 Å². The number of nitrogens with one attached hydrogen (secondary N) is 1. The average Bonchev–Trinajstić information content (AvgIpc) is 2.38. The number of nitrogens with two attached hydrogens (primary N) is 1. The predicted molar refractivity (Wildman–Crippen MR) is 66.9 cm³/mol. The van der Waals surface area contributed by atoms with Crippen LogP contribution >= 0.6 is 0 Å².